The van der Waals surface area contributed by atoms with E-state index in [1.54, 1.807) is 4.90 Å². The highest BCUT2D eigenvalue weighted by Crippen LogP contribution is 2.32. The van der Waals surface area contributed by atoms with Crippen molar-refractivity contribution < 1.29 is 9.90 Å². The van der Waals surface area contributed by atoms with E-state index in [1.165, 1.54) is 11.3 Å². The van der Waals surface area contributed by atoms with Gasteiger partial charge in [0, 0.05) is 18.5 Å². The maximum absolute atomic E-state index is 12.5. The van der Waals surface area contributed by atoms with Crippen LogP contribution in [0.1, 0.15) is 20.9 Å². The number of aliphatic hydroxyl groups excluding tert-OH is 1. The Morgan fingerprint density at radius 3 is 2.74 bits per heavy atom. The summed E-state index contributed by atoms with van der Waals surface area (Å²) in [6, 6.07) is 10.0. The molecule has 0 spiro atoms. The fourth-order valence-corrected chi connectivity index (χ4v) is 4.04. The quantitative estimate of drug-likeness (QED) is 0.787. The smallest absolute Gasteiger partial charge is 0.264 e. The summed E-state index contributed by atoms with van der Waals surface area (Å²) in [5.74, 6) is -0.00719. The van der Waals surface area contributed by atoms with Crippen molar-refractivity contribution in [3.63, 3.8) is 0 Å². The van der Waals surface area contributed by atoms with Crippen LogP contribution >= 0.6 is 11.3 Å². The van der Waals surface area contributed by atoms with Crippen molar-refractivity contribution >= 4 is 27.5 Å². The van der Waals surface area contributed by atoms with Crippen LogP contribution < -0.4 is 0 Å². The van der Waals surface area contributed by atoms with E-state index >= 15 is 0 Å². The number of aryl methyl sites for hydroxylation is 2. The number of aliphatic hydroxyl groups is 1. The number of nitrogens with zero attached hydrogens (tertiary/aromatic N) is 3. The number of β-amino-alcohol motifs (C(OH)–C–C–N with tert-alkyl or cyclic N) is 1. The molecule has 0 saturated carbocycles. The number of para-hydroxylation sites is 1. The third-order valence-corrected chi connectivity index (χ3v) is 5.35. The minimum Gasteiger partial charge on any atom is -0.389 e. The minimum absolute atomic E-state index is 0.00719. The van der Waals surface area contributed by atoms with Gasteiger partial charge < -0.3 is 10.0 Å². The molecule has 0 bridgehead atoms. The van der Waals surface area contributed by atoms with Gasteiger partial charge in [0.05, 0.1) is 22.4 Å². The van der Waals surface area contributed by atoms with Crippen molar-refractivity contribution in [2.24, 2.45) is 0 Å². The van der Waals surface area contributed by atoms with Gasteiger partial charge in [-0.1, -0.05) is 18.2 Å². The molecule has 0 unspecified atom stereocenters. The van der Waals surface area contributed by atoms with Gasteiger partial charge in [-0.25, -0.2) is 4.68 Å². The summed E-state index contributed by atoms with van der Waals surface area (Å²) in [5, 5.41) is 15.0. The molecule has 6 heteroatoms. The van der Waals surface area contributed by atoms with Crippen LogP contribution in [0.2, 0.25) is 0 Å². The summed E-state index contributed by atoms with van der Waals surface area (Å²) < 4.78 is 1.92. The Labute approximate surface area is 137 Å². The molecular formula is C17H17N3O2S. The summed E-state index contributed by atoms with van der Waals surface area (Å²) in [6.45, 7) is 4.87. The molecule has 0 radical (unpaired) electrons. The van der Waals surface area contributed by atoms with E-state index < -0.39 is 0 Å². The standard InChI is InChI=1S/C17H17N3O2S/c1-10-5-3-4-6-14(10)20-17-13(11(2)18-20)7-15(23-17)16(22)19-8-12(21)9-19/h3-7,12,21H,8-9H2,1-2H3. The molecule has 1 aliphatic rings. The summed E-state index contributed by atoms with van der Waals surface area (Å²) in [7, 11) is 0. The lowest BCUT2D eigenvalue weighted by Crippen LogP contribution is -2.53. The Morgan fingerprint density at radius 1 is 1.30 bits per heavy atom. The molecule has 1 aliphatic heterocycles. The largest absolute Gasteiger partial charge is 0.389 e. The van der Waals surface area contributed by atoms with Crippen molar-refractivity contribution in [3.8, 4) is 5.69 Å². The van der Waals surface area contributed by atoms with Crippen LogP contribution in [0.25, 0.3) is 15.9 Å². The monoisotopic (exact) mass is 327 g/mol. The number of hydrogen-bond donors (Lipinski definition) is 1. The van der Waals surface area contributed by atoms with Gasteiger partial charge in [-0.15, -0.1) is 11.3 Å². The molecule has 5 nitrogen and oxygen atoms in total. The van der Waals surface area contributed by atoms with Crippen LogP contribution in [0.3, 0.4) is 0 Å². The van der Waals surface area contributed by atoms with E-state index in [9.17, 15) is 9.90 Å². The fourth-order valence-electron chi connectivity index (χ4n) is 2.89. The van der Waals surface area contributed by atoms with E-state index in [2.05, 4.69) is 18.1 Å². The summed E-state index contributed by atoms with van der Waals surface area (Å²) in [4.78, 5) is 15.8. The third-order valence-electron chi connectivity index (χ3n) is 4.25. The van der Waals surface area contributed by atoms with Crippen molar-refractivity contribution in [2.45, 2.75) is 20.0 Å². The van der Waals surface area contributed by atoms with Gasteiger partial charge >= 0.3 is 0 Å². The minimum atomic E-state index is -0.377. The second-order valence-corrected chi connectivity index (χ2v) is 7.01. The highest BCUT2D eigenvalue weighted by molar-refractivity contribution is 7.20. The van der Waals surface area contributed by atoms with E-state index in [1.807, 2.05) is 35.9 Å². The van der Waals surface area contributed by atoms with Crippen LogP contribution in [0, 0.1) is 13.8 Å². The second-order valence-electron chi connectivity index (χ2n) is 5.98. The van der Waals surface area contributed by atoms with Gasteiger partial charge in [-0.2, -0.15) is 5.10 Å². The zero-order chi connectivity index (χ0) is 16.1. The topological polar surface area (TPSA) is 58.4 Å². The number of likely N-dealkylation sites (tertiary alicyclic amines) is 1. The number of fused-ring (bicyclic) bond motifs is 1. The molecule has 1 N–H and O–H groups in total. The number of hydrogen-bond acceptors (Lipinski definition) is 4. The first-order chi connectivity index (χ1) is 11.0. The van der Waals surface area contributed by atoms with Gasteiger partial charge in [-0.05, 0) is 31.5 Å². The number of carbonyl (C=O) groups excluding carboxylic acids is 1. The first-order valence-corrected chi connectivity index (χ1v) is 8.39. The lowest BCUT2D eigenvalue weighted by molar-refractivity contribution is 0.00623. The highest BCUT2D eigenvalue weighted by Gasteiger charge is 2.31. The molecular weight excluding hydrogens is 310 g/mol. The Balaban J connectivity index is 1.79. The average molecular weight is 327 g/mol. The Morgan fingerprint density at radius 2 is 2.04 bits per heavy atom. The van der Waals surface area contributed by atoms with E-state index in [4.69, 9.17) is 0 Å². The van der Waals surface area contributed by atoms with Crippen LogP contribution in [0.5, 0.6) is 0 Å². The maximum Gasteiger partial charge on any atom is 0.264 e. The number of aromatic nitrogens is 2. The Bertz CT molecular complexity index is 906. The predicted octanol–water partition coefficient (Wildman–Crippen LogP) is 2.52. The van der Waals surface area contributed by atoms with Crippen molar-refractivity contribution in [1.29, 1.82) is 0 Å². The number of rotatable bonds is 2. The number of amides is 1. The molecule has 0 aliphatic carbocycles. The van der Waals surface area contributed by atoms with E-state index in [0.717, 1.165) is 27.2 Å². The SMILES string of the molecule is Cc1ccccc1-n1nc(C)c2cc(C(=O)N3CC(O)C3)sc21. The molecule has 0 atom stereocenters. The van der Waals surface area contributed by atoms with Crippen LogP contribution in [0.4, 0.5) is 0 Å². The van der Waals surface area contributed by atoms with Gasteiger partial charge in [0.2, 0.25) is 0 Å². The molecule has 3 heterocycles. The first kappa shape index (κ1) is 14.4. The summed E-state index contributed by atoms with van der Waals surface area (Å²) in [5.41, 5.74) is 3.09. The maximum atomic E-state index is 12.5. The van der Waals surface area contributed by atoms with Crippen molar-refractivity contribution in [2.75, 3.05) is 13.1 Å². The van der Waals surface area contributed by atoms with Gasteiger partial charge in [-0.3, -0.25) is 4.79 Å². The number of carbonyl (C=O) groups is 1. The molecule has 23 heavy (non-hydrogen) atoms. The molecule has 3 aromatic rings. The average Bonchev–Trinajstić information content (AvgIpc) is 3.05. The van der Waals surface area contributed by atoms with Gasteiger partial charge in [0.1, 0.15) is 4.83 Å². The highest BCUT2D eigenvalue weighted by atomic mass is 32.1. The first-order valence-electron chi connectivity index (χ1n) is 7.57. The van der Waals surface area contributed by atoms with Crippen molar-refractivity contribution in [1.82, 2.24) is 14.7 Å². The lowest BCUT2D eigenvalue weighted by atomic mass is 10.1. The molecule has 1 aromatic carbocycles. The Hall–Kier alpha value is -2.18. The zero-order valence-corrected chi connectivity index (χ0v) is 13.8. The molecule has 4 rings (SSSR count). The predicted molar refractivity (Wildman–Crippen MR) is 90.3 cm³/mol. The van der Waals surface area contributed by atoms with Gasteiger partial charge in [0.15, 0.2) is 0 Å². The number of benzene rings is 1. The molecule has 1 amide bonds. The summed E-state index contributed by atoms with van der Waals surface area (Å²) >= 11 is 1.46. The van der Waals surface area contributed by atoms with Crippen LogP contribution in [0.15, 0.2) is 30.3 Å². The van der Waals surface area contributed by atoms with E-state index in [-0.39, 0.29) is 12.0 Å². The normalized spacial score (nSPS) is 15.2. The summed E-state index contributed by atoms with van der Waals surface area (Å²) in [6.07, 6.45) is -0.377. The third kappa shape index (κ3) is 2.26. The van der Waals surface area contributed by atoms with E-state index in [0.29, 0.717) is 18.0 Å². The van der Waals surface area contributed by atoms with Crippen molar-refractivity contribution in [3.05, 3.63) is 46.5 Å². The second kappa shape index (κ2) is 5.18. The molecule has 1 fully saturated rings. The lowest BCUT2D eigenvalue weighted by Gasteiger charge is -2.35. The van der Waals surface area contributed by atoms with Crippen LogP contribution in [-0.4, -0.2) is 44.9 Å². The molecule has 118 valence electrons. The van der Waals surface area contributed by atoms with Crippen LogP contribution in [-0.2, 0) is 0 Å². The zero-order valence-electron chi connectivity index (χ0n) is 13.0. The molecule has 2 aromatic heterocycles. The molecule has 1 saturated heterocycles. The van der Waals surface area contributed by atoms with Gasteiger partial charge in [0.25, 0.3) is 5.91 Å². The Kier molecular flexibility index (Phi) is 3.25. The number of thiophene rings is 1. The fraction of sp³-hybridized carbons (Fsp3) is 0.294.